The predicted octanol–water partition coefficient (Wildman–Crippen LogP) is -1.61. The zero-order valence-electron chi connectivity index (χ0n) is 7.77. The third-order valence-electron chi connectivity index (χ3n) is 2.16. The van der Waals surface area contributed by atoms with Gasteiger partial charge >= 0.3 is 0 Å². The van der Waals surface area contributed by atoms with Gasteiger partial charge in [0.15, 0.2) is 0 Å². The summed E-state index contributed by atoms with van der Waals surface area (Å²) in [5, 5.41) is 16.2. The largest absolute Gasteiger partial charge is 0.690 e. The Bertz CT molecular complexity index is 128. The second-order valence-electron chi connectivity index (χ2n) is 3.10. The van der Waals surface area contributed by atoms with Gasteiger partial charge < -0.3 is 10.2 Å². The fraction of sp³-hybridized carbons (Fsp3) is 1.00. The van der Waals surface area contributed by atoms with Crippen molar-refractivity contribution in [3.05, 3.63) is 0 Å². The zero-order valence-corrected chi connectivity index (χ0v) is 7.77. The van der Waals surface area contributed by atoms with Crippen molar-refractivity contribution in [2.45, 2.75) is 0 Å². The van der Waals surface area contributed by atoms with Crippen LogP contribution < -0.4 is 5.26 Å². The first-order valence-corrected chi connectivity index (χ1v) is 4.32. The van der Waals surface area contributed by atoms with Crippen molar-refractivity contribution in [2.75, 3.05) is 46.4 Å². The molecule has 1 aliphatic rings. The van der Waals surface area contributed by atoms with Crippen molar-refractivity contribution < 1.29 is 20.2 Å². The zero-order chi connectivity index (χ0) is 9.52. The van der Waals surface area contributed by atoms with Gasteiger partial charge in [-0.15, -0.1) is 0 Å². The lowest BCUT2D eigenvalue weighted by Gasteiger charge is -2.31. The Hall–Kier alpha value is -0.240. The van der Waals surface area contributed by atoms with Crippen LogP contribution in [-0.2, 0) is 15.0 Å². The number of nitrogens with zero attached hydrogens (tertiary/aromatic N) is 2. The smallest absolute Gasteiger partial charge is 0.0980 e. The SMILES string of the molecule is CN1CCN(CCOOO[O-])CC1. The molecule has 0 N–H and O–H groups in total. The van der Waals surface area contributed by atoms with Gasteiger partial charge in [-0.2, -0.15) is 0 Å². The van der Waals surface area contributed by atoms with Gasteiger partial charge in [0, 0.05) is 32.7 Å². The molecule has 0 saturated carbocycles. The van der Waals surface area contributed by atoms with Crippen LogP contribution in [0.25, 0.3) is 0 Å². The number of piperazine rings is 1. The first-order valence-electron chi connectivity index (χ1n) is 4.32. The lowest BCUT2D eigenvalue weighted by molar-refractivity contribution is -0.849. The maximum atomic E-state index is 9.36. The van der Waals surface area contributed by atoms with Crippen LogP contribution in [0.1, 0.15) is 0 Å². The monoisotopic (exact) mass is 191 g/mol. The van der Waals surface area contributed by atoms with Crippen LogP contribution in [0.2, 0.25) is 0 Å². The first-order chi connectivity index (χ1) is 6.33. The quantitative estimate of drug-likeness (QED) is 0.296. The number of hydrogen-bond donors (Lipinski definition) is 0. The molecule has 0 unspecified atom stereocenters. The Labute approximate surface area is 77.4 Å². The highest BCUT2D eigenvalue weighted by molar-refractivity contribution is 4.68. The van der Waals surface area contributed by atoms with E-state index in [4.69, 9.17) is 0 Å². The van der Waals surface area contributed by atoms with Gasteiger partial charge in [-0.05, 0) is 7.05 Å². The summed E-state index contributed by atoms with van der Waals surface area (Å²) in [6.07, 6.45) is 0. The Morgan fingerprint density at radius 2 is 1.92 bits per heavy atom. The van der Waals surface area contributed by atoms with Gasteiger partial charge in [0.1, 0.15) is 0 Å². The summed E-state index contributed by atoms with van der Waals surface area (Å²) in [5.41, 5.74) is 0. The van der Waals surface area contributed by atoms with Crippen molar-refractivity contribution >= 4 is 0 Å². The van der Waals surface area contributed by atoms with Gasteiger partial charge in [0.25, 0.3) is 0 Å². The van der Waals surface area contributed by atoms with Crippen LogP contribution in [0.3, 0.4) is 0 Å². The Morgan fingerprint density at radius 3 is 2.54 bits per heavy atom. The molecule has 6 heteroatoms. The molecule has 1 saturated heterocycles. The lowest BCUT2D eigenvalue weighted by Crippen LogP contribution is -2.45. The van der Waals surface area contributed by atoms with E-state index < -0.39 is 0 Å². The van der Waals surface area contributed by atoms with Crippen LogP contribution in [-0.4, -0.2) is 56.2 Å². The molecule has 0 atom stereocenters. The van der Waals surface area contributed by atoms with Crippen molar-refractivity contribution in [1.29, 1.82) is 0 Å². The van der Waals surface area contributed by atoms with E-state index >= 15 is 0 Å². The minimum atomic E-state index is 0.353. The van der Waals surface area contributed by atoms with Crippen LogP contribution in [0, 0.1) is 0 Å². The van der Waals surface area contributed by atoms with E-state index in [1.807, 2.05) is 0 Å². The van der Waals surface area contributed by atoms with E-state index in [-0.39, 0.29) is 0 Å². The molecule has 0 aromatic heterocycles. The molecule has 0 spiro atoms. The second-order valence-corrected chi connectivity index (χ2v) is 3.10. The van der Waals surface area contributed by atoms with Crippen molar-refractivity contribution in [1.82, 2.24) is 9.80 Å². The molecular formula is C7H15N2O4-. The van der Waals surface area contributed by atoms with Crippen LogP contribution >= 0.6 is 0 Å². The average Bonchev–Trinajstić information content (AvgIpc) is 2.15. The van der Waals surface area contributed by atoms with E-state index in [1.165, 1.54) is 0 Å². The summed E-state index contributed by atoms with van der Waals surface area (Å²) in [4.78, 5) is 8.94. The molecule has 13 heavy (non-hydrogen) atoms. The standard InChI is InChI=1S/C7H16N2O4/c1-8-2-4-9(5-3-8)6-7-11-13-12-10/h10H,2-7H2,1H3/p-1. The Kier molecular flexibility index (Phi) is 5.21. The van der Waals surface area contributed by atoms with E-state index in [0.717, 1.165) is 32.7 Å². The molecule has 1 fully saturated rings. The molecule has 0 radical (unpaired) electrons. The number of likely N-dealkylation sites (N-methyl/N-ethyl adjacent to an activating group) is 1. The number of hydrogen-bond acceptors (Lipinski definition) is 6. The molecule has 0 aliphatic carbocycles. The minimum Gasteiger partial charge on any atom is -0.690 e. The van der Waals surface area contributed by atoms with Crippen molar-refractivity contribution in [3.8, 4) is 0 Å². The lowest BCUT2D eigenvalue weighted by atomic mass is 10.3. The second kappa shape index (κ2) is 6.25. The summed E-state index contributed by atoms with van der Waals surface area (Å²) in [5.74, 6) is 0. The molecule has 1 heterocycles. The van der Waals surface area contributed by atoms with E-state index in [2.05, 4.69) is 31.8 Å². The Morgan fingerprint density at radius 1 is 1.23 bits per heavy atom. The molecule has 0 bridgehead atoms. The molecule has 1 aliphatic heterocycles. The highest BCUT2D eigenvalue weighted by atomic mass is 17.6. The summed E-state index contributed by atoms with van der Waals surface area (Å²) < 4.78 is 0. The van der Waals surface area contributed by atoms with Crippen molar-refractivity contribution in [3.63, 3.8) is 0 Å². The molecule has 0 aromatic rings. The number of rotatable bonds is 5. The molecule has 1 rings (SSSR count). The molecule has 6 nitrogen and oxygen atoms in total. The average molecular weight is 191 g/mol. The van der Waals surface area contributed by atoms with Gasteiger partial charge in [-0.25, -0.2) is 4.89 Å². The summed E-state index contributed by atoms with van der Waals surface area (Å²) in [7, 11) is 2.10. The summed E-state index contributed by atoms with van der Waals surface area (Å²) in [6.45, 7) is 5.30. The fourth-order valence-corrected chi connectivity index (χ4v) is 1.29. The molecule has 0 aromatic carbocycles. The van der Waals surface area contributed by atoms with Crippen LogP contribution in [0.4, 0.5) is 0 Å². The summed E-state index contributed by atoms with van der Waals surface area (Å²) >= 11 is 0. The maximum absolute atomic E-state index is 9.36. The van der Waals surface area contributed by atoms with E-state index in [1.54, 1.807) is 0 Å². The third-order valence-corrected chi connectivity index (χ3v) is 2.16. The van der Waals surface area contributed by atoms with Crippen molar-refractivity contribution in [2.24, 2.45) is 0 Å². The van der Waals surface area contributed by atoms with Gasteiger partial charge in [-0.1, -0.05) is 5.04 Å². The van der Waals surface area contributed by atoms with Gasteiger partial charge in [0.05, 0.1) is 6.61 Å². The Balaban J connectivity index is 1.96. The topological polar surface area (TPSA) is 57.2 Å². The van der Waals surface area contributed by atoms with Gasteiger partial charge in [0.2, 0.25) is 0 Å². The summed E-state index contributed by atoms with van der Waals surface area (Å²) in [6, 6.07) is 0. The highest BCUT2D eigenvalue weighted by Crippen LogP contribution is 1.98. The maximum Gasteiger partial charge on any atom is 0.0980 e. The fourth-order valence-electron chi connectivity index (χ4n) is 1.29. The molecule has 0 amide bonds. The van der Waals surface area contributed by atoms with E-state index in [9.17, 15) is 5.26 Å². The normalized spacial score (nSPS) is 20.8. The van der Waals surface area contributed by atoms with Crippen LogP contribution in [0.15, 0.2) is 0 Å². The minimum absolute atomic E-state index is 0.353. The molecular weight excluding hydrogens is 176 g/mol. The third kappa shape index (κ3) is 4.51. The highest BCUT2D eigenvalue weighted by Gasteiger charge is 2.12. The predicted molar refractivity (Wildman–Crippen MR) is 42.1 cm³/mol. The van der Waals surface area contributed by atoms with E-state index in [0.29, 0.717) is 6.61 Å². The first kappa shape index (κ1) is 10.8. The van der Waals surface area contributed by atoms with Crippen LogP contribution in [0.5, 0.6) is 0 Å². The molecule has 78 valence electrons. The van der Waals surface area contributed by atoms with Gasteiger partial charge in [-0.3, -0.25) is 9.94 Å².